The van der Waals surface area contributed by atoms with Crippen LogP contribution in [0.2, 0.25) is 0 Å². The van der Waals surface area contributed by atoms with Crippen molar-refractivity contribution in [2.45, 2.75) is 13.8 Å². The van der Waals surface area contributed by atoms with Crippen molar-refractivity contribution < 1.29 is 8.98 Å². The van der Waals surface area contributed by atoms with Gasteiger partial charge in [-0.2, -0.15) is 9.13 Å². The molecule has 0 bridgehead atoms. The van der Waals surface area contributed by atoms with E-state index in [1.807, 2.05) is 12.1 Å². The zero-order chi connectivity index (χ0) is 20.2. The summed E-state index contributed by atoms with van der Waals surface area (Å²) in [5, 5.41) is 2.30. The third-order valence-corrected chi connectivity index (χ3v) is 5.97. The maximum absolute atomic E-state index is 6.41. The number of benzene rings is 4. The Morgan fingerprint density at radius 3 is 2.30 bits per heavy atom. The van der Waals surface area contributed by atoms with Crippen molar-refractivity contribution >= 4 is 33.0 Å². The van der Waals surface area contributed by atoms with Gasteiger partial charge in [0.25, 0.3) is 5.82 Å². The molecule has 0 N–H and O–H groups in total. The van der Waals surface area contributed by atoms with Crippen LogP contribution in [0.3, 0.4) is 0 Å². The number of hydrogen-bond donors (Lipinski definition) is 0. The Morgan fingerprint density at radius 2 is 1.43 bits per heavy atom. The van der Waals surface area contributed by atoms with Crippen LogP contribution in [0.4, 0.5) is 0 Å². The van der Waals surface area contributed by atoms with Gasteiger partial charge in [-0.25, -0.2) is 0 Å². The molecule has 0 unspecified atom stereocenters. The number of aromatic nitrogens is 2. The smallest absolute Gasteiger partial charge is 0.264 e. The number of imidazole rings is 1. The average Bonchev–Trinajstić information content (AvgIpc) is 3.29. The van der Waals surface area contributed by atoms with E-state index in [0.717, 1.165) is 44.7 Å². The van der Waals surface area contributed by atoms with Gasteiger partial charge in [0.1, 0.15) is 11.3 Å². The summed E-state index contributed by atoms with van der Waals surface area (Å²) in [6.45, 7) is 4.33. The molecule has 0 saturated carbocycles. The molecule has 0 saturated heterocycles. The number of aryl methyl sites for hydroxylation is 1. The van der Waals surface area contributed by atoms with Gasteiger partial charge < -0.3 is 4.42 Å². The van der Waals surface area contributed by atoms with E-state index in [1.54, 1.807) is 0 Å². The van der Waals surface area contributed by atoms with Crippen molar-refractivity contribution in [2.24, 2.45) is 0 Å². The highest BCUT2D eigenvalue weighted by Crippen LogP contribution is 2.34. The standard InChI is InChI=1S/C27H21N2O/c1-18-16-17-22-21-12-6-9-15-25(21)30-27(22)26(18)29-19(2)28(20-10-4-3-5-11-20)23-13-7-8-14-24(23)29/h3-17H,1-2H3/q+1. The van der Waals surface area contributed by atoms with Crippen molar-refractivity contribution in [3.05, 3.63) is 102 Å². The highest BCUT2D eigenvalue weighted by atomic mass is 16.3. The van der Waals surface area contributed by atoms with Crippen LogP contribution in [-0.2, 0) is 0 Å². The maximum atomic E-state index is 6.41. The minimum atomic E-state index is 0.921. The molecule has 4 aromatic carbocycles. The van der Waals surface area contributed by atoms with Crippen LogP contribution in [0.5, 0.6) is 0 Å². The third kappa shape index (κ3) is 2.29. The summed E-state index contributed by atoms with van der Waals surface area (Å²) >= 11 is 0. The van der Waals surface area contributed by atoms with E-state index in [9.17, 15) is 0 Å². The molecule has 0 atom stereocenters. The molecule has 6 rings (SSSR count). The lowest BCUT2D eigenvalue weighted by Gasteiger charge is -2.05. The molecule has 30 heavy (non-hydrogen) atoms. The molecule has 0 spiro atoms. The SMILES string of the molecule is Cc1ccc2c(oc3ccccc32)c1-[n+]1c(C)n(-c2ccccc2)c2ccccc21. The van der Waals surface area contributed by atoms with Crippen LogP contribution in [0.1, 0.15) is 11.4 Å². The molecule has 3 nitrogen and oxygen atoms in total. The first-order valence-electron chi connectivity index (χ1n) is 10.2. The Bertz CT molecular complexity index is 1550. The average molecular weight is 389 g/mol. The monoisotopic (exact) mass is 389 g/mol. The Labute approximate surface area is 174 Å². The molecule has 0 fully saturated rings. The Morgan fingerprint density at radius 1 is 0.700 bits per heavy atom. The highest BCUT2D eigenvalue weighted by molar-refractivity contribution is 6.07. The summed E-state index contributed by atoms with van der Waals surface area (Å²) in [5.74, 6) is 1.14. The fraction of sp³-hybridized carbons (Fsp3) is 0.0741. The van der Waals surface area contributed by atoms with Gasteiger partial charge in [-0.15, -0.1) is 0 Å². The predicted octanol–water partition coefficient (Wildman–Crippen LogP) is 6.42. The van der Waals surface area contributed by atoms with Crippen molar-refractivity contribution in [1.82, 2.24) is 4.57 Å². The van der Waals surface area contributed by atoms with E-state index in [4.69, 9.17) is 4.42 Å². The molecule has 0 aliphatic carbocycles. The summed E-state index contributed by atoms with van der Waals surface area (Å²) in [4.78, 5) is 0. The Balaban J connectivity index is 1.78. The van der Waals surface area contributed by atoms with Crippen molar-refractivity contribution in [3.8, 4) is 11.4 Å². The number of rotatable bonds is 2. The first-order valence-corrected chi connectivity index (χ1v) is 10.2. The second-order valence-electron chi connectivity index (χ2n) is 7.75. The highest BCUT2D eigenvalue weighted by Gasteiger charge is 2.28. The Hall–Kier alpha value is -3.85. The minimum Gasteiger partial charge on any atom is -0.452 e. The van der Waals surface area contributed by atoms with E-state index in [-0.39, 0.29) is 0 Å². The fourth-order valence-electron chi connectivity index (χ4n) is 4.63. The second-order valence-corrected chi connectivity index (χ2v) is 7.75. The number of nitrogens with zero attached hydrogens (tertiary/aromatic N) is 2. The van der Waals surface area contributed by atoms with E-state index >= 15 is 0 Å². The predicted molar refractivity (Wildman–Crippen MR) is 122 cm³/mol. The van der Waals surface area contributed by atoms with Crippen LogP contribution >= 0.6 is 0 Å². The van der Waals surface area contributed by atoms with Crippen LogP contribution in [0, 0.1) is 13.8 Å². The van der Waals surface area contributed by atoms with Crippen LogP contribution in [0.15, 0.2) is 95.4 Å². The zero-order valence-electron chi connectivity index (χ0n) is 17.0. The molecule has 144 valence electrons. The van der Waals surface area contributed by atoms with Gasteiger partial charge in [0.05, 0.1) is 0 Å². The molecular weight excluding hydrogens is 368 g/mol. The molecule has 2 aromatic heterocycles. The maximum Gasteiger partial charge on any atom is 0.264 e. The van der Waals surface area contributed by atoms with E-state index in [2.05, 4.69) is 102 Å². The molecular formula is C27H21N2O+. The first-order chi connectivity index (χ1) is 14.7. The summed E-state index contributed by atoms with van der Waals surface area (Å²) in [7, 11) is 0. The van der Waals surface area contributed by atoms with Gasteiger partial charge in [0.15, 0.2) is 22.3 Å². The van der Waals surface area contributed by atoms with Crippen LogP contribution in [0.25, 0.3) is 44.3 Å². The Kier molecular flexibility index (Phi) is 3.59. The van der Waals surface area contributed by atoms with Crippen molar-refractivity contribution in [1.29, 1.82) is 0 Å². The first kappa shape index (κ1) is 17.0. The third-order valence-electron chi connectivity index (χ3n) is 5.97. The molecule has 0 radical (unpaired) electrons. The van der Waals surface area contributed by atoms with Gasteiger partial charge in [0.2, 0.25) is 0 Å². The number of hydrogen-bond acceptors (Lipinski definition) is 1. The molecule has 0 amide bonds. The second kappa shape index (κ2) is 6.33. The quantitative estimate of drug-likeness (QED) is 0.313. The summed E-state index contributed by atoms with van der Waals surface area (Å²) < 4.78 is 11.1. The van der Waals surface area contributed by atoms with Crippen molar-refractivity contribution in [2.75, 3.05) is 0 Å². The lowest BCUT2D eigenvalue weighted by atomic mass is 10.1. The van der Waals surface area contributed by atoms with Gasteiger partial charge in [-0.05, 0) is 43.3 Å². The number of fused-ring (bicyclic) bond motifs is 4. The van der Waals surface area contributed by atoms with Gasteiger partial charge in [-0.3, -0.25) is 0 Å². The lowest BCUT2D eigenvalue weighted by molar-refractivity contribution is -0.574. The van der Waals surface area contributed by atoms with E-state index in [1.165, 1.54) is 11.1 Å². The fourth-order valence-corrected chi connectivity index (χ4v) is 4.63. The molecule has 6 aromatic rings. The minimum absolute atomic E-state index is 0.921. The number of furan rings is 1. The van der Waals surface area contributed by atoms with Crippen LogP contribution < -0.4 is 4.57 Å². The molecule has 0 aliphatic rings. The van der Waals surface area contributed by atoms with Gasteiger partial charge in [0, 0.05) is 23.3 Å². The van der Waals surface area contributed by atoms with Gasteiger partial charge >= 0.3 is 0 Å². The normalized spacial score (nSPS) is 11.7. The summed E-state index contributed by atoms with van der Waals surface area (Å²) in [5.41, 5.74) is 7.63. The molecule has 0 aliphatic heterocycles. The van der Waals surface area contributed by atoms with E-state index < -0.39 is 0 Å². The zero-order valence-corrected chi connectivity index (χ0v) is 17.0. The summed E-state index contributed by atoms with van der Waals surface area (Å²) in [6, 6.07) is 31.7. The summed E-state index contributed by atoms with van der Waals surface area (Å²) in [6.07, 6.45) is 0. The van der Waals surface area contributed by atoms with Gasteiger partial charge in [-0.1, -0.05) is 54.6 Å². The molecule has 2 heterocycles. The largest absolute Gasteiger partial charge is 0.452 e. The molecule has 3 heteroatoms. The topological polar surface area (TPSA) is 21.9 Å². The van der Waals surface area contributed by atoms with E-state index in [0.29, 0.717) is 0 Å². The van der Waals surface area contributed by atoms with Crippen LogP contribution in [-0.4, -0.2) is 4.57 Å². The lowest BCUT2D eigenvalue weighted by Crippen LogP contribution is -2.34. The number of para-hydroxylation sites is 4. The van der Waals surface area contributed by atoms with Crippen molar-refractivity contribution in [3.63, 3.8) is 0 Å².